The summed E-state index contributed by atoms with van der Waals surface area (Å²) in [5.74, 6) is -0.493. The van der Waals surface area contributed by atoms with Gasteiger partial charge in [0.1, 0.15) is 16.9 Å². The fourth-order valence-corrected chi connectivity index (χ4v) is 3.10. The van der Waals surface area contributed by atoms with Crippen LogP contribution in [0.15, 0.2) is 46.2 Å². The molecular weight excluding hydrogens is 286 g/mol. The van der Waals surface area contributed by atoms with Crippen molar-refractivity contribution in [1.82, 2.24) is 5.32 Å². The Morgan fingerprint density at radius 1 is 1.33 bits per heavy atom. The van der Waals surface area contributed by atoms with Crippen molar-refractivity contribution in [3.63, 3.8) is 0 Å². The lowest BCUT2D eigenvalue weighted by Crippen LogP contribution is -2.18. The molecule has 0 spiro atoms. The molecule has 2 N–H and O–H groups in total. The summed E-state index contributed by atoms with van der Waals surface area (Å²) in [6, 6.07) is 11.4. The van der Waals surface area contributed by atoms with Crippen LogP contribution in [0.25, 0.3) is 11.0 Å². The minimum absolute atomic E-state index is 0.153. The second-order valence-electron chi connectivity index (χ2n) is 4.82. The van der Waals surface area contributed by atoms with Gasteiger partial charge in [0.25, 0.3) is 0 Å². The molecule has 5 heteroatoms. The summed E-state index contributed by atoms with van der Waals surface area (Å²) in [6.07, 6.45) is 0. The molecule has 0 radical (unpaired) electrons. The summed E-state index contributed by atoms with van der Waals surface area (Å²) in [6.45, 7) is 2.43. The van der Waals surface area contributed by atoms with E-state index < -0.39 is 5.97 Å². The van der Waals surface area contributed by atoms with Gasteiger partial charge >= 0.3 is 5.97 Å². The molecule has 108 valence electrons. The van der Waals surface area contributed by atoms with Crippen LogP contribution in [0.4, 0.5) is 0 Å². The third-order valence-corrected chi connectivity index (χ3v) is 4.48. The van der Waals surface area contributed by atoms with Crippen LogP contribution >= 0.6 is 11.3 Å². The van der Waals surface area contributed by atoms with Gasteiger partial charge in [-0.3, -0.25) is 0 Å². The Bertz CT molecular complexity index is 761. The number of carboxylic acids is 1. The topological polar surface area (TPSA) is 62.5 Å². The molecule has 0 bridgehead atoms. The summed E-state index contributed by atoms with van der Waals surface area (Å²) in [5.41, 5.74) is 0.854. The van der Waals surface area contributed by atoms with Crippen LogP contribution in [0.5, 0.6) is 0 Å². The zero-order chi connectivity index (χ0) is 14.8. The predicted molar refractivity (Wildman–Crippen MR) is 82.7 cm³/mol. The Morgan fingerprint density at radius 2 is 2.14 bits per heavy atom. The van der Waals surface area contributed by atoms with Crippen molar-refractivity contribution in [2.24, 2.45) is 0 Å². The number of benzene rings is 1. The van der Waals surface area contributed by atoms with Gasteiger partial charge in [-0.05, 0) is 24.4 Å². The third kappa shape index (κ3) is 2.70. The number of hydrogen-bond acceptors (Lipinski definition) is 4. The Kier molecular flexibility index (Phi) is 3.77. The number of carboxylic acid groups (broad SMARTS) is 1. The van der Waals surface area contributed by atoms with Gasteiger partial charge in [-0.2, -0.15) is 0 Å². The first kappa shape index (κ1) is 13.9. The Balaban J connectivity index is 1.86. The number of nitrogens with one attached hydrogen (secondary N) is 1. The highest BCUT2D eigenvalue weighted by atomic mass is 32.1. The molecule has 4 nitrogen and oxygen atoms in total. The predicted octanol–water partition coefficient (Wildman–Crippen LogP) is 4.04. The minimum atomic E-state index is -0.958. The van der Waals surface area contributed by atoms with Crippen molar-refractivity contribution < 1.29 is 14.3 Å². The summed E-state index contributed by atoms with van der Waals surface area (Å²) < 4.78 is 5.69. The van der Waals surface area contributed by atoms with Crippen LogP contribution in [0, 0.1) is 0 Å². The average molecular weight is 301 g/mol. The highest BCUT2D eigenvalue weighted by molar-refractivity contribution is 7.10. The summed E-state index contributed by atoms with van der Waals surface area (Å²) in [4.78, 5) is 12.7. The smallest absolute Gasteiger partial charge is 0.339 e. The normalized spacial score (nSPS) is 12.6. The second kappa shape index (κ2) is 5.71. The SMILES string of the molecule is C[C@H](NCc1oc2ccccc2c1C(=O)O)c1cccs1. The second-order valence-corrected chi connectivity index (χ2v) is 5.80. The first-order valence-corrected chi connectivity index (χ1v) is 7.55. The standard InChI is InChI=1S/C16H15NO3S/c1-10(14-7-4-8-21-14)17-9-13-15(16(18)19)11-5-2-3-6-12(11)20-13/h2-8,10,17H,9H2,1H3,(H,18,19)/t10-/m0/s1. The van der Waals surface area contributed by atoms with Crippen LogP contribution in [0.2, 0.25) is 0 Å². The number of para-hydroxylation sites is 1. The fourth-order valence-electron chi connectivity index (χ4n) is 2.34. The van der Waals surface area contributed by atoms with E-state index in [0.717, 1.165) is 0 Å². The highest BCUT2D eigenvalue weighted by Gasteiger charge is 2.20. The van der Waals surface area contributed by atoms with Crippen molar-refractivity contribution in [2.75, 3.05) is 0 Å². The maximum atomic E-state index is 11.5. The van der Waals surface area contributed by atoms with Crippen LogP contribution in [0.1, 0.15) is 34.0 Å². The van der Waals surface area contributed by atoms with E-state index in [0.29, 0.717) is 23.3 Å². The van der Waals surface area contributed by atoms with E-state index in [9.17, 15) is 9.90 Å². The van der Waals surface area contributed by atoms with Gasteiger partial charge in [-0.25, -0.2) is 4.79 Å². The lowest BCUT2D eigenvalue weighted by Gasteiger charge is -2.10. The van der Waals surface area contributed by atoms with Crippen LogP contribution in [-0.4, -0.2) is 11.1 Å². The van der Waals surface area contributed by atoms with E-state index >= 15 is 0 Å². The number of hydrogen-bond donors (Lipinski definition) is 2. The van der Waals surface area contributed by atoms with Gasteiger partial charge in [-0.15, -0.1) is 11.3 Å². The van der Waals surface area contributed by atoms with Crippen LogP contribution in [-0.2, 0) is 6.54 Å². The molecule has 0 saturated heterocycles. The van der Waals surface area contributed by atoms with Gasteiger partial charge in [0.05, 0.1) is 6.54 Å². The molecule has 0 unspecified atom stereocenters. The summed E-state index contributed by atoms with van der Waals surface area (Å²) >= 11 is 1.67. The quantitative estimate of drug-likeness (QED) is 0.746. The minimum Gasteiger partial charge on any atom is -0.478 e. The maximum absolute atomic E-state index is 11.5. The monoisotopic (exact) mass is 301 g/mol. The average Bonchev–Trinajstić information content (AvgIpc) is 3.11. The zero-order valence-electron chi connectivity index (χ0n) is 11.5. The molecule has 0 amide bonds. The van der Waals surface area contributed by atoms with Crippen molar-refractivity contribution in [3.8, 4) is 0 Å². The highest BCUT2D eigenvalue weighted by Crippen LogP contribution is 2.27. The molecule has 1 aromatic carbocycles. The first-order valence-electron chi connectivity index (χ1n) is 6.67. The van der Waals surface area contributed by atoms with E-state index in [-0.39, 0.29) is 11.6 Å². The number of rotatable bonds is 5. The van der Waals surface area contributed by atoms with E-state index in [2.05, 4.69) is 18.3 Å². The molecule has 0 saturated carbocycles. The third-order valence-electron chi connectivity index (χ3n) is 3.42. The number of fused-ring (bicyclic) bond motifs is 1. The van der Waals surface area contributed by atoms with Crippen molar-refractivity contribution in [3.05, 3.63) is 58.0 Å². The number of furan rings is 1. The molecule has 0 aliphatic rings. The molecule has 2 aromatic heterocycles. The lowest BCUT2D eigenvalue weighted by molar-refractivity contribution is 0.0696. The number of aromatic carboxylic acids is 1. The molecule has 0 aliphatic heterocycles. The van der Waals surface area contributed by atoms with E-state index in [1.54, 1.807) is 23.5 Å². The largest absolute Gasteiger partial charge is 0.478 e. The fraction of sp³-hybridized carbons (Fsp3) is 0.188. The number of thiophene rings is 1. The zero-order valence-corrected chi connectivity index (χ0v) is 12.3. The van der Waals surface area contributed by atoms with E-state index in [1.165, 1.54) is 4.88 Å². The van der Waals surface area contributed by atoms with E-state index in [4.69, 9.17) is 4.42 Å². The van der Waals surface area contributed by atoms with Crippen LogP contribution < -0.4 is 5.32 Å². The van der Waals surface area contributed by atoms with Gasteiger partial charge in [0.2, 0.25) is 0 Å². The molecular formula is C16H15NO3S. The lowest BCUT2D eigenvalue weighted by atomic mass is 10.1. The summed E-state index contributed by atoms with van der Waals surface area (Å²) in [5, 5.41) is 15.4. The Hall–Kier alpha value is -2.11. The van der Waals surface area contributed by atoms with E-state index in [1.807, 2.05) is 23.6 Å². The van der Waals surface area contributed by atoms with Gasteiger partial charge < -0.3 is 14.8 Å². The van der Waals surface area contributed by atoms with Gasteiger partial charge in [0.15, 0.2) is 0 Å². The molecule has 0 aliphatic carbocycles. The van der Waals surface area contributed by atoms with Crippen LogP contribution in [0.3, 0.4) is 0 Å². The van der Waals surface area contributed by atoms with Crippen molar-refractivity contribution in [2.45, 2.75) is 19.5 Å². The number of carbonyl (C=O) groups is 1. The van der Waals surface area contributed by atoms with Crippen molar-refractivity contribution in [1.29, 1.82) is 0 Å². The molecule has 3 aromatic rings. The molecule has 0 fully saturated rings. The first-order chi connectivity index (χ1) is 10.2. The van der Waals surface area contributed by atoms with Gasteiger partial charge in [-0.1, -0.05) is 24.3 Å². The summed E-state index contributed by atoms with van der Waals surface area (Å²) in [7, 11) is 0. The molecule has 21 heavy (non-hydrogen) atoms. The molecule has 2 heterocycles. The molecule has 1 atom stereocenters. The van der Waals surface area contributed by atoms with Gasteiger partial charge in [0, 0.05) is 16.3 Å². The Morgan fingerprint density at radius 3 is 2.86 bits per heavy atom. The maximum Gasteiger partial charge on any atom is 0.339 e. The van der Waals surface area contributed by atoms with Crippen molar-refractivity contribution >= 4 is 28.3 Å². The Labute approximate surface area is 126 Å². The molecule has 3 rings (SSSR count).